The van der Waals surface area contributed by atoms with Crippen LogP contribution >= 0.6 is 0 Å². The normalized spacial score (nSPS) is 21.1. The Kier molecular flexibility index (Phi) is 4.91. The van der Waals surface area contributed by atoms with Crippen molar-refractivity contribution in [2.45, 2.75) is 51.6 Å². The first kappa shape index (κ1) is 17.1. The van der Waals surface area contributed by atoms with Crippen LogP contribution in [0.3, 0.4) is 0 Å². The molecule has 2 heterocycles. The van der Waals surface area contributed by atoms with E-state index in [2.05, 4.69) is 58.0 Å². The highest BCUT2D eigenvalue weighted by atomic mass is 15.4. The summed E-state index contributed by atoms with van der Waals surface area (Å²) in [5.74, 6) is 2.02. The van der Waals surface area contributed by atoms with E-state index in [0.717, 1.165) is 50.7 Å². The summed E-state index contributed by atoms with van der Waals surface area (Å²) in [6.45, 7) is 4.73. The Morgan fingerprint density at radius 3 is 2.92 bits per heavy atom. The lowest BCUT2D eigenvalue weighted by Gasteiger charge is -2.25. The molecule has 26 heavy (non-hydrogen) atoms. The fraction of sp³-hybridized carbons (Fsp3) is 0.550. The van der Waals surface area contributed by atoms with Gasteiger partial charge in [-0.15, -0.1) is 0 Å². The van der Waals surface area contributed by atoms with Gasteiger partial charge in [0.15, 0.2) is 5.96 Å². The molecule has 0 saturated heterocycles. The maximum absolute atomic E-state index is 4.93. The van der Waals surface area contributed by atoms with Gasteiger partial charge in [-0.1, -0.05) is 30.3 Å². The summed E-state index contributed by atoms with van der Waals surface area (Å²) in [5.41, 5.74) is 1.78. The molecule has 138 valence electrons. The zero-order chi connectivity index (χ0) is 17.8. The van der Waals surface area contributed by atoms with E-state index in [1.54, 1.807) is 6.33 Å². The monoisotopic (exact) mass is 352 g/mol. The molecule has 1 aliphatic carbocycles. The second-order valence-corrected chi connectivity index (χ2v) is 7.60. The summed E-state index contributed by atoms with van der Waals surface area (Å²) in [7, 11) is 0. The van der Waals surface area contributed by atoms with E-state index in [-0.39, 0.29) is 0 Å². The molecule has 6 heteroatoms. The molecule has 2 aliphatic rings. The highest BCUT2D eigenvalue weighted by molar-refractivity contribution is 5.80. The van der Waals surface area contributed by atoms with Gasteiger partial charge in [0.2, 0.25) is 0 Å². The van der Waals surface area contributed by atoms with Gasteiger partial charge in [-0.2, -0.15) is 5.10 Å². The number of aromatic nitrogens is 3. The molecule has 1 unspecified atom stereocenters. The van der Waals surface area contributed by atoms with Crippen LogP contribution in [0.15, 0.2) is 41.7 Å². The first-order valence-electron chi connectivity index (χ1n) is 9.72. The van der Waals surface area contributed by atoms with Crippen LogP contribution in [0.1, 0.15) is 37.6 Å². The lowest BCUT2D eigenvalue weighted by molar-refractivity contribution is 0.392. The lowest BCUT2D eigenvalue weighted by Crippen LogP contribution is -2.47. The SMILES string of the molecule is CCNC(=NCC1(Cc2ccccc2)CC1)NC1CCc2ncnn2C1. The molecule has 0 amide bonds. The Morgan fingerprint density at radius 1 is 1.31 bits per heavy atom. The number of fused-ring (bicyclic) bond motifs is 1. The zero-order valence-electron chi connectivity index (χ0n) is 15.5. The van der Waals surface area contributed by atoms with Crippen LogP contribution in [-0.4, -0.2) is 39.9 Å². The molecule has 1 fully saturated rings. The maximum atomic E-state index is 4.93. The van der Waals surface area contributed by atoms with E-state index < -0.39 is 0 Å². The fourth-order valence-corrected chi connectivity index (χ4v) is 3.71. The number of hydrogen-bond acceptors (Lipinski definition) is 3. The Balaban J connectivity index is 1.37. The van der Waals surface area contributed by atoms with Crippen LogP contribution in [0.5, 0.6) is 0 Å². The standard InChI is InChI=1S/C20H28N6/c1-2-21-19(25-17-8-9-18-23-15-24-26(18)13-17)22-14-20(10-11-20)12-16-6-4-3-5-7-16/h3-7,15,17H,2,8-14H2,1H3,(H2,21,22,25). The molecular formula is C20H28N6. The summed E-state index contributed by atoms with van der Waals surface area (Å²) in [6.07, 6.45) is 7.36. The van der Waals surface area contributed by atoms with Crippen molar-refractivity contribution in [3.05, 3.63) is 48.0 Å². The molecule has 6 nitrogen and oxygen atoms in total. The third-order valence-corrected chi connectivity index (χ3v) is 5.44. The van der Waals surface area contributed by atoms with Crippen LogP contribution < -0.4 is 10.6 Å². The lowest BCUT2D eigenvalue weighted by atomic mass is 9.97. The van der Waals surface area contributed by atoms with Crippen LogP contribution in [0.4, 0.5) is 0 Å². The van der Waals surface area contributed by atoms with E-state index in [1.807, 2.05) is 4.68 Å². The van der Waals surface area contributed by atoms with Gasteiger partial charge in [0.05, 0.1) is 6.54 Å². The molecule has 4 rings (SSSR count). The zero-order valence-corrected chi connectivity index (χ0v) is 15.5. The van der Waals surface area contributed by atoms with Gasteiger partial charge in [-0.25, -0.2) is 9.67 Å². The van der Waals surface area contributed by atoms with E-state index >= 15 is 0 Å². The number of rotatable bonds is 6. The number of aliphatic imine (C=N–C) groups is 1. The number of benzene rings is 1. The van der Waals surface area contributed by atoms with Crippen molar-refractivity contribution in [1.29, 1.82) is 0 Å². The maximum Gasteiger partial charge on any atom is 0.191 e. The fourth-order valence-electron chi connectivity index (χ4n) is 3.71. The quantitative estimate of drug-likeness (QED) is 0.618. The van der Waals surface area contributed by atoms with Crippen LogP contribution in [0.25, 0.3) is 0 Å². The number of guanidine groups is 1. The minimum absolute atomic E-state index is 0.353. The van der Waals surface area contributed by atoms with Gasteiger partial charge in [-0.05, 0) is 43.6 Å². The first-order chi connectivity index (χ1) is 12.8. The predicted molar refractivity (Wildman–Crippen MR) is 103 cm³/mol. The molecule has 2 aromatic rings. The van der Waals surface area contributed by atoms with Crippen molar-refractivity contribution in [1.82, 2.24) is 25.4 Å². The van der Waals surface area contributed by atoms with E-state index in [1.165, 1.54) is 18.4 Å². The number of nitrogens with one attached hydrogen (secondary N) is 2. The molecule has 1 aromatic carbocycles. The number of nitrogens with zero attached hydrogens (tertiary/aromatic N) is 4. The van der Waals surface area contributed by atoms with Crippen molar-refractivity contribution in [2.24, 2.45) is 10.4 Å². The number of aryl methyl sites for hydroxylation is 1. The molecule has 0 radical (unpaired) electrons. The summed E-state index contributed by atoms with van der Waals surface area (Å²) in [4.78, 5) is 9.23. The summed E-state index contributed by atoms with van der Waals surface area (Å²) in [6, 6.07) is 11.1. The van der Waals surface area contributed by atoms with Gasteiger partial charge < -0.3 is 10.6 Å². The minimum atomic E-state index is 0.353. The van der Waals surface area contributed by atoms with Crippen molar-refractivity contribution in [3.63, 3.8) is 0 Å². The van der Waals surface area contributed by atoms with E-state index in [4.69, 9.17) is 4.99 Å². The molecule has 0 bridgehead atoms. The average molecular weight is 352 g/mol. The van der Waals surface area contributed by atoms with Gasteiger partial charge in [0, 0.05) is 25.6 Å². The predicted octanol–water partition coefficient (Wildman–Crippen LogP) is 2.17. The minimum Gasteiger partial charge on any atom is -0.357 e. The van der Waals surface area contributed by atoms with Crippen LogP contribution in [-0.2, 0) is 19.4 Å². The van der Waals surface area contributed by atoms with E-state index in [9.17, 15) is 0 Å². The largest absolute Gasteiger partial charge is 0.357 e. The van der Waals surface area contributed by atoms with E-state index in [0.29, 0.717) is 11.5 Å². The Morgan fingerprint density at radius 2 is 2.15 bits per heavy atom. The molecule has 1 aliphatic heterocycles. The van der Waals surface area contributed by atoms with Crippen molar-refractivity contribution < 1.29 is 0 Å². The molecule has 1 atom stereocenters. The summed E-state index contributed by atoms with van der Waals surface area (Å²) >= 11 is 0. The van der Waals surface area contributed by atoms with Crippen molar-refractivity contribution in [3.8, 4) is 0 Å². The third kappa shape index (κ3) is 4.06. The smallest absolute Gasteiger partial charge is 0.191 e. The summed E-state index contributed by atoms with van der Waals surface area (Å²) < 4.78 is 2.00. The Labute approximate surface area is 155 Å². The third-order valence-electron chi connectivity index (χ3n) is 5.44. The summed E-state index contributed by atoms with van der Waals surface area (Å²) in [5, 5.41) is 11.3. The highest BCUT2D eigenvalue weighted by Crippen LogP contribution is 2.48. The number of hydrogen-bond donors (Lipinski definition) is 2. The Hall–Kier alpha value is -2.37. The molecule has 0 spiro atoms. The van der Waals surface area contributed by atoms with Gasteiger partial charge in [0.1, 0.15) is 12.2 Å². The van der Waals surface area contributed by atoms with Crippen molar-refractivity contribution in [2.75, 3.05) is 13.1 Å². The average Bonchev–Trinajstić information content (AvgIpc) is 3.25. The second kappa shape index (κ2) is 7.48. The van der Waals surface area contributed by atoms with Crippen LogP contribution in [0.2, 0.25) is 0 Å². The Bertz CT molecular complexity index is 747. The topological polar surface area (TPSA) is 67.1 Å². The molecular weight excluding hydrogens is 324 g/mol. The molecule has 1 aromatic heterocycles. The molecule has 2 N–H and O–H groups in total. The molecule has 1 saturated carbocycles. The van der Waals surface area contributed by atoms with Gasteiger partial charge in [-0.3, -0.25) is 4.99 Å². The van der Waals surface area contributed by atoms with Crippen molar-refractivity contribution >= 4 is 5.96 Å². The van der Waals surface area contributed by atoms with Gasteiger partial charge in [0.25, 0.3) is 0 Å². The first-order valence-corrected chi connectivity index (χ1v) is 9.72. The highest BCUT2D eigenvalue weighted by Gasteiger charge is 2.42. The van der Waals surface area contributed by atoms with Gasteiger partial charge >= 0.3 is 0 Å². The van der Waals surface area contributed by atoms with Crippen LogP contribution in [0, 0.1) is 5.41 Å². The second-order valence-electron chi connectivity index (χ2n) is 7.60.